The van der Waals surface area contributed by atoms with Gasteiger partial charge in [0.05, 0.1) is 11.3 Å². The minimum Gasteiger partial charge on any atom is -0.507 e. The number of fused-ring (bicyclic) bond motifs is 2. The van der Waals surface area contributed by atoms with Crippen molar-refractivity contribution in [2.75, 3.05) is 4.90 Å². The predicted octanol–water partition coefficient (Wildman–Crippen LogP) is 4.88. The average molecular weight is 476 g/mol. The zero-order valence-corrected chi connectivity index (χ0v) is 19.6. The Morgan fingerprint density at radius 2 is 1.97 bits per heavy atom. The molecule has 1 aliphatic carbocycles. The number of amides is 2. The number of halogens is 1. The summed E-state index contributed by atoms with van der Waals surface area (Å²) in [7, 11) is 0. The minimum atomic E-state index is -0.522. The zero-order chi connectivity index (χ0) is 24.7. The molecule has 2 heterocycles. The number of hydrogen-bond acceptors (Lipinski definition) is 5. The molecule has 0 radical (unpaired) electrons. The third kappa shape index (κ3) is 4.09. The lowest BCUT2D eigenvalue weighted by Gasteiger charge is -2.34. The number of aryl methyl sites for hydroxylation is 2. The van der Waals surface area contributed by atoms with Gasteiger partial charge < -0.3 is 14.4 Å². The van der Waals surface area contributed by atoms with Crippen molar-refractivity contribution in [3.63, 3.8) is 0 Å². The van der Waals surface area contributed by atoms with Crippen molar-refractivity contribution in [2.45, 2.75) is 52.0 Å². The Kier molecular flexibility index (Phi) is 5.88. The summed E-state index contributed by atoms with van der Waals surface area (Å²) in [4.78, 5) is 27.9. The number of carbonyl (C=O) groups is 2. The number of hydrogen-bond donors (Lipinski definition) is 2. The Hall–Kier alpha value is -3.94. The van der Waals surface area contributed by atoms with E-state index in [-0.39, 0.29) is 34.8 Å². The SMILES string of the molecule is Cc1c(C(=O)N2c3ccc(F)cc3CCC2C)oc2c1/C(=N/NC(=O)c1ccccc1O)CCC2. The van der Waals surface area contributed by atoms with Crippen molar-refractivity contribution >= 4 is 23.2 Å². The maximum absolute atomic E-state index is 13.8. The number of nitrogens with zero attached hydrogens (tertiary/aromatic N) is 2. The van der Waals surface area contributed by atoms with Crippen LogP contribution in [0.3, 0.4) is 0 Å². The van der Waals surface area contributed by atoms with E-state index in [1.807, 2.05) is 13.8 Å². The zero-order valence-electron chi connectivity index (χ0n) is 19.6. The Morgan fingerprint density at radius 3 is 2.77 bits per heavy atom. The van der Waals surface area contributed by atoms with E-state index in [4.69, 9.17) is 4.42 Å². The number of phenolic OH excluding ortho intramolecular Hbond substituents is 1. The maximum Gasteiger partial charge on any atom is 0.294 e. The molecule has 7 nitrogen and oxygen atoms in total. The van der Waals surface area contributed by atoms with Crippen molar-refractivity contribution < 1.29 is 23.5 Å². The molecule has 2 aromatic carbocycles. The molecule has 1 aromatic heterocycles. The predicted molar refractivity (Wildman–Crippen MR) is 129 cm³/mol. The second kappa shape index (κ2) is 9.02. The molecule has 2 aliphatic rings. The van der Waals surface area contributed by atoms with Crippen LogP contribution in [0.25, 0.3) is 0 Å². The lowest BCUT2D eigenvalue weighted by molar-refractivity contribution is 0.0940. The fraction of sp³-hybridized carbons (Fsp3) is 0.296. The highest BCUT2D eigenvalue weighted by Crippen LogP contribution is 2.36. The van der Waals surface area contributed by atoms with Gasteiger partial charge in [-0.05, 0) is 75.4 Å². The van der Waals surface area contributed by atoms with Gasteiger partial charge in [0, 0.05) is 29.3 Å². The quantitative estimate of drug-likeness (QED) is 0.528. The molecule has 0 bridgehead atoms. The van der Waals surface area contributed by atoms with Gasteiger partial charge in [-0.2, -0.15) is 5.10 Å². The molecule has 0 saturated heterocycles. The van der Waals surface area contributed by atoms with Crippen LogP contribution < -0.4 is 10.3 Å². The summed E-state index contributed by atoms with van der Waals surface area (Å²) in [5, 5.41) is 14.3. The average Bonchev–Trinajstić information content (AvgIpc) is 3.19. The molecule has 180 valence electrons. The van der Waals surface area contributed by atoms with Gasteiger partial charge in [-0.1, -0.05) is 12.1 Å². The summed E-state index contributed by atoms with van der Waals surface area (Å²) < 4.78 is 19.9. The van der Waals surface area contributed by atoms with Crippen molar-refractivity contribution in [1.82, 2.24) is 5.43 Å². The van der Waals surface area contributed by atoms with Gasteiger partial charge in [0.2, 0.25) is 0 Å². The van der Waals surface area contributed by atoms with Crippen LogP contribution in [0.4, 0.5) is 10.1 Å². The molecule has 0 saturated carbocycles. The molecule has 1 atom stereocenters. The number of hydrazone groups is 1. The molecular weight excluding hydrogens is 449 g/mol. The number of phenols is 1. The second-order valence-corrected chi connectivity index (χ2v) is 9.06. The lowest BCUT2D eigenvalue weighted by Crippen LogP contribution is -2.42. The Bertz CT molecular complexity index is 1360. The van der Waals surface area contributed by atoms with Crippen molar-refractivity contribution in [3.05, 3.63) is 82.1 Å². The highest BCUT2D eigenvalue weighted by Gasteiger charge is 2.35. The smallest absolute Gasteiger partial charge is 0.294 e. The molecule has 3 aromatic rings. The lowest BCUT2D eigenvalue weighted by atomic mass is 9.92. The van der Waals surface area contributed by atoms with Crippen LogP contribution in [0.5, 0.6) is 5.75 Å². The Labute approximate surface area is 202 Å². The van der Waals surface area contributed by atoms with E-state index in [0.717, 1.165) is 24.0 Å². The number of nitrogens with one attached hydrogen (secondary N) is 1. The van der Waals surface area contributed by atoms with E-state index in [1.165, 1.54) is 24.3 Å². The maximum atomic E-state index is 13.8. The molecule has 0 spiro atoms. The van der Waals surface area contributed by atoms with Gasteiger partial charge in [-0.15, -0.1) is 0 Å². The number of furan rings is 1. The van der Waals surface area contributed by atoms with Gasteiger partial charge in [0.15, 0.2) is 5.76 Å². The number of para-hydroxylation sites is 1. The van der Waals surface area contributed by atoms with E-state index >= 15 is 0 Å². The van der Waals surface area contributed by atoms with Crippen LogP contribution in [-0.2, 0) is 12.8 Å². The van der Waals surface area contributed by atoms with Crippen LogP contribution in [0.2, 0.25) is 0 Å². The normalized spacial score (nSPS) is 18.2. The standard InChI is InChI=1S/C27H26FN3O4/c1-15-10-11-17-14-18(28)12-13-21(17)31(15)27(34)25-16(2)24-20(7-5-9-23(24)35-25)29-30-26(33)19-6-3-4-8-22(19)32/h3-4,6,8,12-15,32H,5,7,9-11H2,1-2H3,(H,30,33)/b29-20+. The van der Waals surface area contributed by atoms with Gasteiger partial charge in [-0.25, -0.2) is 9.82 Å². The Balaban J connectivity index is 1.46. The third-order valence-corrected chi connectivity index (χ3v) is 6.75. The largest absolute Gasteiger partial charge is 0.507 e. The van der Waals surface area contributed by atoms with Gasteiger partial charge in [0.1, 0.15) is 17.3 Å². The van der Waals surface area contributed by atoms with Crippen LogP contribution in [0.1, 0.15) is 69.5 Å². The number of aromatic hydroxyl groups is 1. The van der Waals surface area contributed by atoms with Gasteiger partial charge >= 0.3 is 0 Å². The fourth-order valence-corrected chi connectivity index (χ4v) is 4.97. The molecule has 0 fully saturated rings. The van der Waals surface area contributed by atoms with Crippen molar-refractivity contribution in [2.24, 2.45) is 5.10 Å². The molecule has 5 rings (SSSR count). The first-order chi connectivity index (χ1) is 16.8. The Morgan fingerprint density at radius 1 is 1.17 bits per heavy atom. The summed E-state index contributed by atoms with van der Waals surface area (Å²) in [6.07, 6.45) is 3.48. The summed E-state index contributed by atoms with van der Waals surface area (Å²) in [5.74, 6) is -0.335. The molecule has 35 heavy (non-hydrogen) atoms. The van der Waals surface area contributed by atoms with Crippen LogP contribution in [-0.4, -0.2) is 28.7 Å². The second-order valence-electron chi connectivity index (χ2n) is 9.06. The van der Waals surface area contributed by atoms with Gasteiger partial charge in [-0.3, -0.25) is 9.59 Å². The topological polar surface area (TPSA) is 95.1 Å². The van der Waals surface area contributed by atoms with E-state index in [1.54, 1.807) is 23.1 Å². The summed E-state index contributed by atoms with van der Waals surface area (Å²) in [6, 6.07) is 10.7. The number of anilines is 1. The number of carbonyl (C=O) groups excluding carboxylic acids is 2. The molecule has 2 N–H and O–H groups in total. The summed E-state index contributed by atoms with van der Waals surface area (Å²) in [6.45, 7) is 3.80. The molecule has 2 amide bonds. The monoisotopic (exact) mass is 475 g/mol. The number of benzene rings is 2. The first kappa shape index (κ1) is 22.8. The van der Waals surface area contributed by atoms with E-state index < -0.39 is 5.91 Å². The van der Waals surface area contributed by atoms with E-state index in [2.05, 4.69) is 10.5 Å². The highest BCUT2D eigenvalue weighted by molar-refractivity contribution is 6.11. The van der Waals surface area contributed by atoms with Gasteiger partial charge in [0.25, 0.3) is 11.8 Å². The van der Waals surface area contributed by atoms with E-state index in [9.17, 15) is 19.1 Å². The molecular formula is C27H26FN3O4. The number of rotatable bonds is 3. The van der Waals surface area contributed by atoms with E-state index in [0.29, 0.717) is 42.0 Å². The highest BCUT2D eigenvalue weighted by atomic mass is 19.1. The van der Waals surface area contributed by atoms with Crippen molar-refractivity contribution in [1.29, 1.82) is 0 Å². The van der Waals surface area contributed by atoms with Crippen LogP contribution >= 0.6 is 0 Å². The summed E-state index contributed by atoms with van der Waals surface area (Å²) >= 11 is 0. The van der Waals surface area contributed by atoms with Crippen molar-refractivity contribution in [3.8, 4) is 5.75 Å². The summed E-state index contributed by atoms with van der Waals surface area (Å²) in [5.41, 5.74) is 6.19. The fourth-order valence-electron chi connectivity index (χ4n) is 4.97. The molecule has 1 aliphatic heterocycles. The third-order valence-electron chi connectivity index (χ3n) is 6.75. The van der Waals surface area contributed by atoms with Crippen LogP contribution in [0, 0.1) is 12.7 Å². The molecule has 8 heteroatoms. The first-order valence-electron chi connectivity index (χ1n) is 11.7. The first-order valence-corrected chi connectivity index (χ1v) is 11.7. The minimum absolute atomic E-state index is 0.0621. The molecule has 1 unspecified atom stereocenters. The van der Waals surface area contributed by atoms with Crippen LogP contribution in [0.15, 0.2) is 52.0 Å².